The standard InChI is InChI=1S/C15H22ClNO/c1-11(2)7-8-18-15-6-5-14(16)9-13(15)10-17-12(3)4/h5-6,9,12,17H,1,7-8,10H2,2-4H3. The summed E-state index contributed by atoms with van der Waals surface area (Å²) < 4.78 is 5.78. The zero-order chi connectivity index (χ0) is 13.5. The fraction of sp³-hybridized carbons (Fsp3) is 0.467. The lowest BCUT2D eigenvalue weighted by Crippen LogP contribution is -2.22. The third-order valence-electron chi connectivity index (χ3n) is 2.51. The van der Waals surface area contributed by atoms with E-state index in [1.165, 1.54) is 0 Å². The summed E-state index contributed by atoms with van der Waals surface area (Å²) in [6.07, 6.45) is 0.875. The van der Waals surface area contributed by atoms with Gasteiger partial charge in [0.15, 0.2) is 0 Å². The molecule has 0 atom stereocenters. The Morgan fingerprint density at radius 1 is 1.44 bits per heavy atom. The molecule has 0 heterocycles. The van der Waals surface area contributed by atoms with Gasteiger partial charge in [0.2, 0.25) is 0 Å². The highest BCUT2D eigenvalue weighted by atomic mass is 35.5. The largest absolute Gasteiger partial charge is 0.493 e. The summed E-state index contributed by atoms with van der Waals surface area (Å²) in [7, 11) is 0. The molecule has 1 aromatic carbocycles. The molecule has 0 saturated carbocycles. The van der Waals surface area contributed by atoms with Crippen LogP contribution < -0.4 is 10.1 Å². The molecular formula is C15H22ClNO. The molecule has 3 heteroatoms. The minimum Gasteiger partial charge on any atom is -0.493 e. The van der Waals surface area contributed by atoms with Crippen LogP contribution in [0.5, 0.6) is 5.75 Å². The number of hydrogen-bond donors (Lipinski definition) is 1. The first kappa shape index (κ1) is 15.1. The highest BCUT2D eigenvalue weighted by Gasteiger charge is 2.05. The van der Waals surface area contributed by atoms with Crippen LogP contribution in [-0.4, -0.2) is 12.6 Å². The van der Waals surface area contributed by atoms with Crippen molar-refractivity contribution in [3.05, 3.63) is 40.9 Å². The van der Waals surface area contributed by atoms with Gasteiger partial charge in [0, 0.05) is 29.6 Å². The van der Waals surface area contributed by atoms with Gasteiger partial charge in [-0.15, -0.1) is 6.58 Å². The van der Waals surface area contributed by atoms with E-state index in [-0.39, 0.29) is 0 Å². The second kappa shape index (κ2) is 7.45. The number of halogens is 1. The Hall–Kier alpha value is -0.990. The molecular weight excluding hydrogens is 246 g/mol. The Morgan fingerprint density at radius 2 is 2.17 bits per heavy atom. The molecule has 0 aliphatic carbocycles. The molecule has 1 rings (SSSR count). The minimum atomic E-state index is 0.437. The van der Waals surface area contributed by atoms with Crippen molar-refractivity contribution in [3.8, 4) is 5.75 Å². The molecule has 100 valence electrons. The quantitative estimate of drug-likeness (QED) is 0.748. The van der Waals surface area contributed by atoms with Gasteiger partial charge in [-0.2, -0.15) is 0 Å². The number of rotatable bonds is 7. The molecule has 0 spiro atoms. The van der Waals surface area contributed by atoms with E-state index < -0.39 is 0 Å². The molecule has 0 amide bonds. The monoisotopic (exact) mass is 267 g/mol. The molecule has 0 bridgehead atoms. The maximum absolute atomic E-state index is 6.02. The van der Waals surface area contributed by atoms with Crippen LogP contribution >= 0.6 is 11.6 Å². The molecule has 0 saturated heterocycles. The van der Waals surface area contributed by atoms with Crippen LogP contribution in [0.2, 0.25) is 5.02 Å². The van der Waals surface area contributed by atoms with Gasteiger partial charge in [-0.25, -0.2) is 0 Å². The lowest BCUT2D eigenvalue weighted by atomic mass is 10.2. The van der Waals surface area contributed by atoms with Gasteiger partial charge < -0.3 is 10.1 Å². The molecule has 0 radical (unpaired) electrons. The van der Waals surface area contributed by atoms with Crippen LogP contribution in [-0.2, 0) is 6.54 Å². The van der Waals surface area contributed by atoms with E-state index in [1.807, 2.05) is 25.1 Å². The average molecular weight is 268 g/mol. The molecule has 2 nitrogen and oxygen atoms in total. The smallest absolute Gasteiger partial charge is 0.123 e. The van der Waals surface area contributed by atoms with Gasteiger partial charge in [0.25, 0.3) is 0 Å². The van der Waals surface area contributed by atoms with E-state index in [2.05, 4.69) is 25.7 Å². The van der Waals surface area contributed by atoms with Crippen LogP contribution in [0.4, 0.5) is 0 Å². The van der Waals surface area contributed by atoms with Crippen molar-refractivity contribution in [1.82, 2.24) is 5.32 Å². The first-order valence-electron chi connectivity index (χ1n) is 6.28. The molecule has 0 aliphatic heterocycles. The fourth-order valence-corrected chi connectivity index (χ4v) is 1.67. The van der Waals surface area contributed by atoms with Crippen LogP contribution in [0.15, 0.2) is 30.4 Å². The zero-order valence-corrected chi connectivity index (χ0v) is 12.2. The van der Waals surface area contributed by atoms with E-state index in [4.69, 9.17) is 16.3 Å². The van der Waals surface area contributed by atoms with E-state index in [1.54, 1.807) is 0 Å². The topological polar surface area (TPSA) is 21.3 Å². The summed E-state index contributed by atoms with van der Waals surface area (Å²) in [6.45, 7) is 11.5. The van der Waals surface area contributed by atoms with Crippen LogP contribution in [0.25, 0.3) is 0 Å². The minimum absolute atomic E-state index is 0.437. The summed E-state index contributed by atoms with van der Waals surface area (Å²) in [5, 5.41) is 4.11. The van der Waals surface area contributed by atoms with Crippen molar-refractivity contribution in [2.75, 3.05) is 6.61 Å². The predicted molar refractivity (Wildman–Crippen MR) is 78.4 cm³/mol. The van der Waals surface area contributed by atoms with Crippen LogP contribution in [0, 0.1) is 0 Å². The molecule has 1 aromatic rings. The van der Waals surface area contributed by atoms with E-state index in [0.29, 0.717) is 12.6 Å². The van der Waals surface area contributed by atoms with Crippen molar-refractivity contribution in [2.24, 2.45) is 0 Å². The summed E-state index contributed by atoms with van der Waals surface area (Å²) in [6, 6.07) is 6.18. The number of benzene rings is 1. The van der Waals surface area contributed by atoms with E-state index in [9.17, 15) is 0 Å². The fourth-order valence-electron chi connectivity index (χ4n) is 1.48. The van der Waals surface area contributed by atoms with Gasteiger partial charge in [-0.3, -0.25) is 0 Å². The maximum atomic E-state index is 6.02. The molecule has 18 heavy (non-hydrogen) atoms. The molecule has 1 N–H and O–H groups in total. The number of hydrogen-bond acceptors (Lipinski definition) is 2. The van der Waals surface area contributed by atoms with Crippen molar-refractivity contribution < 1.29 is 4.74 Å². The first-order valence-corrected chi connectivity index (χ1v) is 6.66. The van der Waals surface area contributed by atoms with Crippen molar-refractivity contribution in [3.63, 3.8) is 0 Å². The third-order valence-corrected chi connectivity index (χ3v) is 2.74. The Bertz CT molecular complexity index is 401. The summed E-state index contributed by atoms with van der Waals surface area (Å²) in [5.41, 5.74) is 2.23. The van der Waals surface area contributed by atoms with Gasteiger partial charge in [0.1, 0.15) is 5.75 Å². The van der Waals surface area contributed by atoms with Gasteiger partial charge in [-0.1, -0.05) is 31.0 Å². The van der Waals surface area contributed by atoms with Crippen LogP contribution in [0.1, 0.15) is 32.8 Å². The average Bonchev–Trinajstić information content (AvgIpc) is 2.28. The lowest BCUT2D eigenvalue weighted by molar-refractivity contribution is 0.317. The second-order valence-corrected chi connectivity index (χ2v) is 5.28. The Kier molecular flexibility index (Phi) is 6.23. The SMILES string of the molecule is C=C(C)CCOc1ccc(Cl)cc1CNC(C)C. The van der Waals surface area contributed by atoms with E-state index in [0.717, 1.165) is 34.9 Å². The highest BCUT2D eigenvalue weighted by Crippen LogP contribution is 2.23. The third kappa shape index (κ3) is 5.56. The molecule has 0 unspecified atom stereocenters. The van der Waals surface area contributed by atoms with Crippen molar-refractivity contribution in [1.29, 1.82) is 0 Å². The second-order valence-electron chi connectivity index (χ2n) is 4.84. The predicted octanol–water partition coefficient (Wildman–Crippen LogP) is 4.18. The Labute approximate surface area is 115 Å². The van der Waals surface area contributed by atoms with Crippen molar-refractivity contribution in [2.45, 2.75) is 39.8 Å². The van der Waals surface area contributed by atoms with Gasteiger partial charge in [-0.05, 0) is 25.1 Å². The van der Waals surface area contributed by atoms with Gasteiger partial charge in [0.05, 0.1) is 6.61 Å². The molecule has 0 fully saturated rings. The first-order chi connectivity index (χ1) is 8.49. The number of ether oxygens (including phenoxy) is 1. The lowest BCUT2D eigenvalue weighted by Gasteiger charge is -2.14. The summed E-state index contributed by atoms with van der Waals surface area (Å²) >= 11 is 6.02. The number of nitrogens with one attached hydrogen (secondary N) is 1. The van der Waals surface area contributed by atoms with Crippen molar-refractivity contribution >= 4 is 11.6 Å². The molecule has 0 aliphatic rings. The van der Waals surface area contributed by atoms with E-state index >= 15 is 0 Å². The maximum Gasteiger partial charge on any atom is 0.123 e. The van der Waals surface area contributed by atoms with Crippen LogP contribution in [0.3, 0.4) is 0 Å². The summed E-state index contributed by atoms with van der Waals surface area (Å²) in [5.74, 6) is 0.897. The zero-order valence-electron chi connectivity index (χ0n) is 11.4. The van der Waals surface area contributed by atoms with Gasteiger partial charge >= 0.3 is 0 Å². The summed E-state index contributed by atoms with van der Waals surface area (Å²) in [4.78, 5) is 0. The highest BCUT2D eigenvalue weighted by molar-refractivity contribution is 6.30. The Morgan fingerprint density at radius 3 is 2.78 bits per heavy atom. The normalized spacial score (nSPS) is 10.7. The Balaban J connectivity index is 2.66. The molecule has 0 aromatic heterocycles.